The number of unbranched alkanes of at least 4 members (excludes halogenated alkanes) is 1. The van der Waals surface area contributed by atoms with Crippen molar-refractivity contribution >= 4 is 0 Å². The molecule has 1 fully saturated rings. The van der Waals surface area contributed by atoms with Gasteiger partial charge < -0.3 is 9.26 Å². The van der Waals surface area contributed by atoms with Crippen molar-refractivity contribution in [3.8, 4) is 6.07 Å². The van der Waals surface area contributed by atoms with Gasteiger partial charge in [-0.2, -0.15) is 10.2 Å². The molecule has 110 valence electrons. The lowest BCUT2D eigenvalue weighted by Gasteiger charge is -2.40. The van der Waals surface area contributed by atoms with Crippen LogP contribution >= 0.6 is 0 Å². The number of ether oxygens (including phenoxy) is 1. The van der Waals surface area contributed by atoms with Crippen LogP contribution in [0.4, 0.5) is 0 Å². The largest absolute Gasteiger partial charge is 0.370 e. The topological polar surface area (TPSA) is 71.9 Å². The molecule has 0 amide bonds. The van der Waals surface area contributed by atoms with E-state index in [-0.39, 0.29) is 0 Å². The Morgan fingerprint density at radius 1 is 1.30 bits per heavy atom. The number of aromatic nitrogens is 2. The molecular formula is C15H23N3O2. The summed E-state index contributed by atoms with van der Waals surface area (Å²) in [6, 6.07) is 2.12. The maximum atomic E-state index is 8.54. The first-order valence-electron chi connectivity index (χ1n) is 7.26. The summed E-state index contributed by atoms with van der Waals surface area (Å²) in [6.45, 7) is 4.58. The van der Waals surface area contributed by atoms with Crippen LogP contribution in [0.5, 0.6) is 0 Å². The van der Waals surface area contributed by atoms with E-state index >= 15 is 0 Å². The SMILES string of the molecule is COC1(c2noc(CCCC#N)n2)CCC(C)(C)CC1. The van der Waals surface area contributed by atoms with Crippen LogP contribution in [0, 0.1) is 16.7 Å². The first kappa shape index (κ1) is 15.0. The van der Waals surface area contributed by atoms with Gasteiger partial charge >= 0.3 is 0 Å². The third kappa shape index (κ3) is 3.18. The minimum atomic E-state index is -0.396. The molecule has 0 saturated heterocycles. The van der Waals surface area contributed by atoms with Gasteiger partial charge in [-0.25, -0.2) is 0 Å². The molecule has 0 unspecified atom stereocenters. The Kier molecular flexibility index (Phi) is 4.44. The number of hydrogen-bond donors (Lipinski definition) is 0. The molecule has 1 saturated carbocycles. The highest BCUT2D eigenvalue weighted by molar-refractivity contribution is 5.05. The highest BCUT2D eigenvalue weighted by atomic mass is 16.5. The smallest absolute Gasteiger partial charge is 0.226 e. The third-order valence-corrected chi connectivity index (χ3v) is 4.36. The minimum Gasteiger partial charge on any atom is -0.370 e. The van der Waals surface area contributed by atoms with Crippen LogP contribution in [0.25, 0.3) is 0 Å². The molecular weight excluding hydrogens is 254 g/mol. The van der Waals surface area contributed by atoms with Gasteiger partial charge in [-0.15, -0.1) is 0 Å². The third-order valence-electron chi connectivity index (χ3n) is 4.36. The molecule has 0 N–H and O–H groups in total. The molecule has 0 atom stereocenters. The molecule has 5 nitrogen and oxygen atoms in total. The van der Waals surface area contributed by atoms with Crippen molar-refractivity contribution in [3.05, 3.63) is 11.7 Å². The Hall–Kier alpha value is -1.41. The summed E-state index contributed by atoms with van der Waals surface area (Å²) in [7, 11) is 1.73. The molecule has 0 aliphatic heterocycles. The van der Waals surface area contributed by atoms with Gasteiger partial charge in [0.15, 0.2) is 0 Å². The van der Waals surface area contributed by atoms with E-state index in [2.05, 4.69) is 30.1 Å². The van der Waals surface area contributed by atoms with Crippen molar-refractivity contribution in [2.75, 3.05) is 7.11 Å². The van der Waals surface area contributed by atoms with Crippen LogP contribution in [0.2, 0.25) is 0 Å². The predicted octanol–water partition coefficient (Wildman–Crippen LogP) is 3.36. The van der Waals surface area contributed by atoms with E-state index in [1.165, 1.54) is 0 Å². The zero-order chi connectivity index (χ0) is 14.6. The molecule has 1 heterocycles. The second-order valence-electron chi connectivity index (χ2n) is 6.39. The van der Waals surface area contributed by atoms with Crippen LogP contribution in [0.1, 0.15) is 64.1 Å². The van der Waals surface area contributed by atoms with E-state index in [0.717, 1.165) is 32.1 Å². The number of hydrogen-bond acceptors (Lipinski definition) is 5. The normalized spacial score (nSPS) is 20.5. The molecule has 1 aliphatic rings. The number of aryl methyl sites for hydroxylation is 1. The van der Waals surface area contributed by atoms with E-state index in [9.17, 15) is 0 Å². The van der Waals surface area contributed by atoms with Crippen molar-refractivity contribution in [2.24, 2.45) is 5.41 Å². The van der Waals surface area contributed by atoms with Gasteiger partial charge in [-0.05, 0) is 37.5 Å². The zero-order valence-electron chi connectivity index (χ0n) is 12.6. The Bertz CT molecular complexity index is 478. The molecule has 1 aromatic rings. The second kappa shape index (κ2) is 5.92. The van der Waals surface area contributed by atoms with E-state index in [0.29, 0.717) is 30.0 Å². The molecule has 1 aromatic heterocycles. The highest BCUT2D eigenvalue weighted by Crippen LogP contribution is 2.46. The number of rotatable bonds is 5. The summed E-state index contributed by atoms with van der Waals surface area (Å²) in [5, 5.41) is 12.7. The summed E-state index contributed by atoms with van der Waals surface area (Å²) in [5.74, 6) is 1.28. The van der Waals surface area contributed by atoms with Gasteiger partial charge in [0.25, 0.3) is 0 Å². The van der Waals surface area contributed by atoms with Gasteiger partial charge in [0, 0.05) is 20.0 Å². The molecule has 0 aromatic carbocycles. The fourth-order valence-corrected chi connectivity index (χ4v) is 2.71. The van der Waals surface area contributed by atoms with Gasteiger partial charge in [0.05, 0.1) is 6.07 Å². The minimum absolute atomic E-state index is 0.362. The first-order valence-corrected chi connectivity index (χ1v) is 7.26. The average Bonchev–Trinajstić information content (AvgIpc) is 2.89. The van der Waals surface area contributed by atoms with Crippen LogP contribution in [-0.2, 0) is 16.8 Å². The van der Waals surface area contributed by atoms with E-state index in [4.69, 9.17) is 14.5 Å². The lowest BCUT2D eigenvalue weighted by molar-refractivity contribution is -0.0740. The van der Waals surface area contributed by atoms with Crippen LogP contribution in [0.3, 0.4) is 0 Å². The zero-order valence-corrected chi connectivity index (χ0v) is 12.6. The molecule has 0 spiro atoms. The average molecular weight is 277 g/mol. The highest BCUT2D eigenvalue weighted by Gasteiger charge is 2.43. The fraction of sp³-hybridized carbons (Fsp3) is 0.800. The van der Waals surface area contributed by atoms with E-state index in [1.807, 2.05) is 0 Å². The number of nitrogens with zero attached hydrogens (tertiary/aromatic N) is 3. The van der Waals surface area contributed by atoms with Crippen molar-refractivity contribution in [1.29, 1.82) is 5.26 Å². The summed E-state index contributed by atoms with van der Waals surface area (Å²) in [5.41, 5.74) is -0.0338. The lowest BCUT2D eigenvalue weighted by atomic mass is 9.70. The quantitative estimate of drug-likeness (QED) is 0.772. The maximum Gasteiger partial charge on any atom is 0.226 e. The predicted molar refractivity (Wildman–Crippen MR) is 73.8 cm³/mol. The lowest BCUT2D eigenvalue weighted by Crippen LogP contribution is -2.37. The molecule has 0 bridgehead atoms. The summed E-state index contributed by atoms with van der Waals surface area (Å²) >= 11 is 0. The molecule has 5 heteroatoms. The monoisotopic (exact) mass is 277 g/mol. The Morgan fingerprint density at radius 3 is 2.60 bits per heavy atom. The Labute approximate surface area is 120 Å². The van der Waals surface area contributed by atoms with Crippen molar-refractivity contribution in [2.45, 2.75) is 64.4 Å². The van der Waals surface area contributed by atoms with Gasteiger partial charge in [0.2, 0.25) is 11.7 Å². The summed E-state index contributed by atoms with van der Waals surface area (Å²) in [6.07, 6.45) is 5.97. The Balaban J connectivity index is 2.07. The van der Waals surface area contributed by atoms with Gasteiger partial charge in [0.1, 0.15) is 5.60 Å². The van der Waals surface area contributed by atoms with Gasteiger partial charge in [-0.3, -0.25) is 0 Å². The van der Waals surface area contributed by atoms with Crippen LogP contribution < -0.4 is 0 Å². The maximum absolute atomic E-state index is 8.54. The number of nitriles is 1. The van der Waals surface area contributed by atoms with Crippen molar-refractivity contribution < 1.29 is 9.26 Å². The van der Waals surface area contributed by atoms with E-state index in [1.54, 1.807) is 7.11 Å². The second-order valence-corrected chi connectivity index (χ2v) is 6.39. The molecule has 20 heavy (non-hydrogen) atoms. The van der Waals surface area contributed by atoms with E-state index < -0.39 is 5.60 Å². The Morgan fingerprint density at radius 2 is 2.00 bits per heavy atom. The number of methoxy groups -OCH3 is 1. The van der Waals surface area contributed by atoms with Crippen LogP contribution in [-0.4, -0.2) is 17.3 Å². The van der Waals surface area contributed by atoms with Crippen molar-refractivity contribution in [1.82, 2.24) is 10.1 Å². The molecule has 1 aliphatic carbocycles. The standard InChI is InChI=1S/C15H23N3O2/c1-14(2)7-9-15(19-3,10-8-14)13-17-12(20-18-13)6-4-5-11-16/h4-10H2,1-3H3. The van der Waals surface area contributed by atoms with Gasteiger partial charge in [-0.1, -0.05) is 19.0 Å². The van der Waals surface area contributed by atoms with Crippen LogP contribution in [0.15, 0.2) is 4.52 Å². The first-order chi connectivity index (χ1) is 9.51. The summed E-state index contributed by atoms with van der Waals surface area (Å²) < 4.78 is 11.1. The molecule has 2 rings (SSSR count). The summed E-state index contributed by atoms with van der Waals surface area (Å²) in [4.78, 5) is 4.48. The molecule has 0 radical (unpaired) electrons. The van der Waals surface area contributed by atoms with Crippen molar-refractivity contribution in [3.63, 3.8) is 0 Å². The fourth-order valence-electron chi connectivity index (χ4n) is 2.71.